The van der Waals surface area contributed by atoms with E-state index in [2.05, 4.69) is 20.9 Å². The zero-order chi connectivity index (χ0) is 27.2. The third-order valence-electron chi connectivity index (χ3n) is 7.01. The highest BCUT2D eigenvalue weighted by molar-refractivity contribution is 8.00. The molecule has 38 heavy (non-hydrogen) atoms. The number of ether oxygens (including phenoxy) is 1. The smallest absolute Gasteiger partial charge is 0.410 e. The Bertz CT molecular complexity index is 1350. The van der Waals surface area contributed by atoms with E-state index in [-0.39, 0.29) is 12.0 Å². The molecule has 3 aliphatic heterocycles. The van der Waals surface area contributed by atoms with Crippen molar-refractivity contribution in [3.8, 4) is 11.3 Å². The van der Waals surface area contributed by atoms with E-state index in [1.54, 1.807) is 23.0 Å². The summed E-state index contributed by atoms with van der Waals surface area (Å²) in [7, 11) is 1.81. The predicted octanol–water partition coefficient (Wildman–Crippen LogP) is 4.42. The predicted molar refractivity (Wildman–Crippen MR) is 150 cm³/mol. The fraction of sp³-hybridized carbons (Fsp3) is 0.519. The lowest BCUT2D eigenvalue weighted by atomic mass is 10.0. The minimum absolute atomic E-state index is 0.102. The lowest BCUT2D eigenvalue weighted by Crippen LogP contribution is -2.37. The van der Waals surface area contributed by atoms with Crippen LogP contribution in [0.1, 0.15) is 34.6 Å². The molecule has 3 aliphatic rings. The molecule has 0 spiro atoms. The summed E-state index contributed by atoms with van der Waals surface area (Å²) in [5, 5.41) is 0. The Morgan fingerprint density at radius 3 is 2.50 bits per heavy atom. The van der Waals surface area contributed by atoms with E-state index in [0.29, 0.717) is 42.3 Å². The number of H-pyrrole nitrogens is 1. The van der Waals surface area contributed by atoms with Crippen LogP contribution >= 0.6 is 11.8 Å². The third-order valence-corrected chi connectivity index (χ3v) is 8.04. The summed E-state index contributed by atoms with van der Waals surface area (Å²) in [4.78, 5) is 48.8. The van der Waals surface area contributed by atoms with Gasteiger partial charge in [-0.15, -0.1) is 11.8 Å². The molecule has 2 amide bonds. The molecule has 202 valence electrons. The lowest BCUT2D eigenvalue weighted by Gasteiger charge is -2.26. The van der Waals surface area contributed by atoms with E-state index in [4.69, 9.17) is 14.7 Å². The Morgan fingerprint density at radius 2 is 1.82 bits per heavy atom. The molecule has 2 saturated heterocycles. The number of nitrogens with zero attached hydrogens (tertiary/aromatic N) is 6. The Labute approximate surface area is 227 Å². The van der Waals surface area contributed by atoms with Gasteiger partial charge in [0.05, 0.1) is 17.8 Å². The maximum absolute atomic E-state index is 12.5. The minimum Gasteiger partial charge on any atom is -0.444 e. The van der Waals surface area contributed by atoms with Crippen LogP contribution in [-0.2, 0) is 9.53 Å². The largest absolute Gasteiger partial charge is 0.444 e. The Balaban J connectivity index is 0.00000144. The summed E-state index contributed by atoms with van der Waals surface area (Å²) >= 11 is 1.55. The molecule has 5 heterocycles. The van der Waals surface area contributed by atoms with Crippen LogP contribution < -0.4 is 9.80 Å². The SMILES string of the molecule is CC.CN1C(=O)CSc2cc(-c3nc(N4CC5CN(C(=O)OC(C)(C)C)CC5C4)nc4nc[nH]c34)ccc21. The van der Waals surface area contributed by atoms with Crippen molar-refractivity contribution in [1.82, 2.24) is 24.8 Å². The number of imidazole rings is 1. The molecule has 0 bridgehead atoms. The summed E-state index contributed by atoms with van der Waals surface area (Å²) in [5.74, 6) is 1.89. The van der Waals surface area contributed by atoms with E-state index < -0.39 is 5.60 Å². The molecular weight excluding hydrogens is 502 g/mol. The van der Waals surface area contributed by atoms with Crippen molar-refractivity contribution < 1.29 is 14.3 Å². The van der Waals surface area contributed by atoms with Crippen LogP contribution in [0.25, 0.3) is 22.4 Å². The lowest BCUT2D eigenvalue weighted by molar-refractivity contribution is -0.116. The average Bonchev–Trinajstić information content (AvgIpc) is 3.61. The van der Waals surface area contributed by atoms with Gasteiger partial charge in [0.2, 0.25) is 11.9 Å². The molecule has 1 N–H and O–H groups in total. The van der Waals surface area contributed by atoms with E-state index in [0.717, 1.165) is 40.4 Å². The molecule has 2 aromatic heterocycles. The topological polar surface area (TPSA) is 108 Å². The molecule has 10 nitrogen and oxygen atoms in total. The monoisotopic (exact) mass is 537 g/mol. The third kappa shape index (κ3) is 4.91. The second-order valence-corrected chi connectivity index (χ2v) is 11.7. The number of aromatic nitrogens is 4. The number of nitrogens with one attached hydrogen (secondary N) is 1. The number of rotatable bonds is 2. The number of thioether (sulfide) groups is 1. The van der Waals surface area contributed by atoms with Crippen LogP contribution in [0.15, 0.2) is 29.4 Å². The molecule has 11 heteroatoms. The van der Waals surface area contributed by atoms with Gasteiger partial charge in [-0.1, -0.05) is 19.9 Å². The molecule has 2 unspecified atom stereocenters. The van der Waals surface area contributed by atoms with Gasteiger partial charge in [0.25, 0.3) is 0 Å². The van der Waals surface area contributed by atoms with Crippen molar-refractivity contribution in [1.29, 1.82) is 0 Å². The molecule has 0 aliphatic carbocycles. The summed E-state index contributed by atoms with van der Waals surface area (Å²) < 4.78 is 5.57. The summed E-state index contributed by atoms with van der Waals surface area (Å²) in [5.41, 5.74) is 3.58. The maximum Gasteiger partial charge on any atom is 0.410 e. The van der Waals surface area contributed by atoms with E-state index in [1.807, 2.05) is 58.7 Å². The van der Waals surface area contributed by atoms with E-state index >= 15 is 0 Å². The quantitative estimate of drug-likeness (QED) is 0.512. The van der Waals surface area contributed by atoms with Gasteiger partial charge in [0.15, 0.2) is 5.65 Å². The summed E-state index contributed by atoms with van der Waals surface area (Å²) in [6.45, 7) is 12.6. The Hall–Kier alpha value is -3.34. The number of hydrogen-bond donors (Lipinski definition) is 1. The average molecular weight is 538 g/mol. The first-order chi connectivity index (χ1) is 18.2. The zero-order valence-corrected chi connectivity index (χ0v) is 23.6. The van der Waals surface area contributed by atoms with Gasteiger partial charge in [-0.2, -0.15) is 4.98 Å². The standard InChI is InChI=1S/C25H29N7O3S.C2H6/c1-25(2,3)35-24(34)32-10-15-8-31(9-16(15)11-32)23-28-20(21-22(29-23)27-13-26-21)14-5-6-17-18(7-14)36-12-19(33)30(17)4;1-2/h5-7,13,15-16H,8-12H2,1-4H3,(H,26,27,28,29);1-2H3. The van der Waals surface area contributed by atoms with Gasteiger partial charge < -0.3 is 24.4 Å². The highest BCUT2D eigenvalue weighted by atomic mass is 32.2. The molecule has 2 fully saturated rings. The second-order valence-electron chi connectivity index (χ2n) is 10.7. The fourth-order valence-electron chi connectivity index (χ4n) is 5.23. The first-order valence-corrected chi connectivity index (χ1v) is 14.1. The zero-order valence-electron chi connectivity index (χ0n) is 22.8. The van der Waals surface area contributed by atoms with Gasteiger partial charge >= 0.3 is 6.09 Å². The van der Waals surface area contributed by atoms with Crippen LogP contribution in [0.5, 0.6) is 0 Å². The fourth-order valence-corrected chi connectivity index (χ4v) is 6.26. The van der Waals surface area contributed by atoms with Gasteiger partial charge in [-0.05, 0) is 32.9 Å². The summed E-state index contributed by atoms with van der Waals surface area (Å²) in [6, 6.07) is 6.06. The Kier molecular flexibility index (Phi) is 6.97. The molecule has 3 aromatic rings. The molecule has 0 saturated carbocycles. The molecule has 1 aromatic carbocycles. The second kappa shape index (κ2) is 10.1. The van der Waals surface area contributed by atoms with Gasteiger partial charge in [0, 0.05) is 55.5 Å². The minimum atomic E-state index is -0.496. The van der Waals surface area contributed by atoms with Crippen molar-refractivity contribution >= 4 is 46.6 Å². The van der Waals surface area contributed by atoms with Crippen molar-refractivity contribution in [2.75, 3.05) is 48.8 Å². The van der Waals surface area contributed by atoms with Crippen LogP contribution in [0, 0.1) is 11.8 Å². The summed E-state index contributed by atoms with van der Waals surface area (Å²) in [6.07, 6.45) is 1.40. The van der Waals surface area contributed by atoms with Crippen molar-refractivity contribution in [3.05, 3.63) is 24.5 Å². The number of anilines is 2. The number of likely N-dealkylation sites (tertiary alicyclic amines) is 1. The van der Waals surface area contributed by atoms with Crippen LogP contribution in [0.2, 0.25) is 0 Å². The maximum atomic E-state index is 12.5. The van der Waals surface area contributed by atoms with Crippen molar-refractivity contribution in [2.45, 2.75) is 45.1 Å². The van der Waals surface area contributed by atoms with Crippen LogP contribution in [-0.4, -0.2) is 81.4 Å². The highest BCUT2D eigenvalue weighted by Crippen LogP contribution is 2.39. The normalized spacial score (nSPS) is 20.8. The molecule has 6 rings (SSSR count). The number of carbonyl (C=O) groups excluding carboxylic acids is 2. The van der Waals surface area contributed by atoms with E-state index in [9.17, 15) is 9.59 Å². The first-order valence-electron chi connectivity index (χ1n) is 13.1. The van der Waals surface area contributed by atoms with Crippen LogP contribution in [0.3, 0.4) is 0 Å². The van der Waals surface area contributed by atoms with Crippen molar-refractivity contribution in [2.24, 2.45) is 11.8 Å². The number of carbonyl (C=O) groups is 2. The first kappa shape index (κ1) is 26.3. The van der Waals surface area contributed by atoms with Crippen LogP contribution in [0.4, 0.5) is 16.4 Å². The van der Waals surface area contributed by atoms with Crippen molar-refractivity contribution in [3.63, 3.8) is 0 Å². The molecule has 0 radical (unpaired) electrons. The number of fused-ring (bicyclic) bond motifs is 3. The molecule has 2 atom stereocenters. The number of amides is 2. The highest BCUT2D eigenvalue weighted by Gasteiger charge is 2.43. The number of aromatic amines is 1. The van der Waals surface area contributed by atoms with Gasteiger partial charge in [0.1, 0.15) is 16.8 Å². The number of hydrogen-bond acceptors (Lipinski definition) is 8. The van der Waals surface area contributed by atoms with Gasteiger partial charge in [-0.3, -0.25) is 4.79 Å². The number of benzene rings is 1. The van der Waals surface area contributed by atoms with E-state index in [1.165, 1.54) is 0 Å². The molecular formula is C27H35N7O3S. The Morgan fingerprint density at radius 1 is 1.11 bits per heavy atom. The van der Waals surface area contributed by atoms with Gasteiger partial charge in [-0.25, -0.2) is 14.8 Å².